The van der Waals surface area contributed by atoms with E-state index in [1.165, 1.54) is 0 Å². The third-order valence-electron chi connectivity index (χ3n) is 3.90. The fourth-order valence-electron chi connectivity index (χ4n) is 2.41. The Balaban J connectivity index is 0.00000242. The molecular formula is C16H24ClN3O2. The third-order valence-corrected chi connectivity index (χ3v) is 3.90. The van der Waals surface area contributed by atoms with E-state index in [0.29, 0.717) is 17.2 Å². The Morgan fingerprint density at radius 1 is 1.27 bits per heavy atom. The van der Waals surface area contributed by atoms with Gasteiger partial charge in [-0.05, 0) is 37.8 Å². The maximum atomic E-state index is 12.6. The standard InChI is InChI=1S/C16H23N3O2.ClH/c1-11-7-9-19(10-8-11)16(21)13-5-3-4-6-14(13)18-15(20)12(2)17;/h3-6,11-12H,7-10,17H2,1-2H3,(H,18,20);1H/t12-;/m0./s1. The second-order valence-corrected chi connectivity index (χ2v) is 5.80. The summed E-state index contributed by atoms with van der Waals surface area (Å²) in [5.41, 5.74) is 6.62. The molecule has 2 rings (SSSR count). The molecule has 0 aromatic heterocycles. The number of anilines is 1. The van der Waals surface area contributed by atoms with Gasteiger partial charge in [0.05, 0.1) is 17.3 Å². The number of carbonyl (C=O) groups is 2. The first kappa shape index (κ1) is 18.5. The van der Waals surface area contributed by atoms with Gasteiger partial charge in [0.15, 0.2) is 0 Å². The molecule has 122 valence electrons. The molecule has 3 N–H and O–H groups in total. The zero-order valence-corrected chi connectivity index (χ0v) is 13.9. The van der Waals surface area contributed by atoms with Crippen LogP contribution < -0.4 is 11.1 Å². The zero-order chi connectivity index (χ0) is 15.4. The van der Waals surface area contributed by atoms with Crippen molar-refractivity contribution in [2.24, 2.45) is 11.7 Å². The lowest BCUT2D eigenvalue weighted by Crippen LogP contribution is -2.39. The summed E-state index contributed by atoms with van der Waals surface area (Å²) in [6.45, 7) is 5.37. The Morgan fingerprint density at radius 3 is 2.45 bits per heavy atom. The van der Waals surface area contributed by atoms with Crippen LogP contribution in [0.2, 0.25) is 0 Å². The van der Waals surface area contributed by atoms with E-state index in [1.807, 2.05) is 4.90 Å². The Hall–Kier alpha value is -1.59. The van der Waals surface area contributed by atoms with Crippen LogP contribution >= 0.6 is 12.4 Å². The van der Waals surface area contributed by atoms with E-state index in [0.717, 1.165) is 25.9 Å². The molecule has 0 saturated carbocycles. The van der Waals surface area contributed by atoms with E-state index in [9.17, 15) is 9.59 Å². The molecule has 1 aliphatic heterocycles. The highest BCUT2D eigenvalue weighted by Crippen LogP contribution is 2.22. The van der Waals surface area contributed by atoms with Crippen molar-refractivity contribution in [2.45, 2.75) is 32.7 Å². The summed E-state index contributed by atoms with van der Waals surface area (Å²) < 4.78 is 0. The lowest BCUT2D eigenvalue weighted by molar-refractivity contribution is -0.117. The average Bonchev–Trinajstić information content (AvgIpc) is 2.47. The first-order chi connectivity index (χ1) is 9.99. The zero-order valence-electron chi connectivity index (χ0n) is 13.0. The van der Waals surface area contributed by atoms with Gasteiger partial charge in [-0.25, -0.2) is 0 Å². The third kappa shape index (κ3) is 4.45. The number of nitrogens with zero attached hydrogens (tertiary/aromatic N) is 1. The second kappa shape index (κ2) is 8.15. The Morgan fingerprint density at radius 2 is 1.86 bits per heavy atom. The highest BCUT2D eigenvalue weighted by Gasteiger charge is 2.23. The van der Waals surface area contributed by atoms with Crippen LogP contribution in [0.1, 0.15) is 37.0 Å². The number of likely N-dealkylation sites (tertiary alicyclic amines) is 1. The van der Waals surface area contributed by atoms with Crippen molar-refractivity contribution in [1.82, 2.24) is 4.90 Å². The number of hydrogen-bond acceptors (Lipinski definition) is 3. The van der Waals surface area contributed by atoms with E-state index >= 15 is 0 Å². The number of nitrogens with one attached hydrogen (secondary N) is 1. The molecule has 1 aromatic rings. The average molecular weight is 326 g/mol. The largest absolute Gasteiger partial charge is 0.339 e. The van der Waals surface area contributed by atoms with Gasteiger partial charge >= 0.3 is 0 Å². The van der Waals surface area contributed by atoms with Gasteiger partial charge in [-0.2, -0.15) is 0 Å². The molecule has 1 atom stereocenters. The second-order valence-electron chi connectivity index (χ2n) is 5.80. The molecule has 1 heterocycles. The maximum Gasteiger partial charge on any atom is 0.255 e. The van der Waals surface area contributed by atoms with Crippen molar-refractivity contribution in [3.05, 3.63) is 29.8 Å². The number of amides is 2. The van der Waals surface area contributed by atoms with Gasteiger partial charge in [-0.1, -0.05) is 19.1 Å². The molecule has 0 bridgehead atoms. The number of carbonyl (C=O) groups excluding carboxylic acids is 2. The molecule has 1 saturated heterocycles. The van der Waals surface area contributed by atoms with E-state index in [2.05, 4.69) is 12.2 Å². The highest BCUT2D eigenvalue weighted by atomic mass is 35.5. The summed E-state index contributed by atoms with van der Waals surface area (Å²) in [6.07, 6.45) is 2.06. The molecule has 5 nitrogen and oxygen atoms in total. The van der Waals surface area contributed by atoms with Crippen molar-refractivity contribution in [3.63, 3.8) is 0 Å². The number of piperidine rings is 1. The van der Waals surface area contributed by atoms with Gasteiger partial charge in [0, 0.05) is 13.1 Å². The van der Waals surface area contributed by atoms with Crippen LogP contribution in [0.4, 0.5) is 5.69 Å². The number of nitrogens with two attached hydrogens (primary N) is 1. The first-order valence-electron chi connectivity index (χ1n) is 7.43. The predicted molar refractivity (Wildman–Crippen MR) is 90.3 cm³/mol. The smallest absolute Gasteiger partial charge is 0.255 e. The van der Waals surface area contributed by atoms with Gasteiger partial charge in [0.1, 0.15) is 0 Å². The summed E-state index contributed by atoms with van der Waals surface area (Å²) in [4.78, 5) is 26.2. The molecule has 6 heteroatoms. The van der Waals surface area contributed by atoms with Gasteiger partial charge in [-0.15, -0.1) is 12.4 Å². The molecule has 2 amide bonds. The van der Waals surface area contributed by atoms with E-state index in [-0.39, 0.29) is 24.2 Å². The van der Waals surface area contributed by atoms with Crippen LogP contribution in [0.5, 0.6) is 0 Å². The minimum atomic E-state index is -0.607. The van der Waals surface area contributed by atoms with Crippen molar-refractivity contribution >= 4 is 29.9 Å². The van der Waals surface area contributed by atoms with E-state index < -0.39 is 6.04 Å². The fourth-order valence-corrected chi connectivity index (χ4v) is 2.41. The molecule has 1 aliphatic rings. The number of hydrogen-bond donors (Lipinski definition) is 2. The molecule has 0 spiro atoms. The predicted octanol–water partition coefficient (Wildman–Crippen LogP) is 2.27. The summed E-state index contributed by atoms with van der Waals surface area (Å²) in [7, 11) is 0. The lowest BCUT2D eigenvalue weighted by Gasteiger charge is -2.30. The quantitative estimate of drug-likeness (QED) is 0.895. The van der Waals surface area contributed by atoms with Crippen LogP contribution in [0.25, 0.3) is 0 Å². The fraction of sp³-hybridized carbons (Fsp3) is 0.500. The number of halogens is 1. The van der Waals surface area contributed by atoms with E-state index in [4.69, 9.17) is 5.73 Å². The van der Waals surface area contributed by atoms with Gasteiger partial charge in [0.25, 0.3) is 5.91 Å². The van der Waals surface area contributed by atoms with Crippen molar-refractivity contribution in [2.75, 3.05) is 18.4 Å². The van der Waals surface area contributed by atoms with Gasteiger partial charge in [-0.3, -0.25) is 9.59 Å². The van der Waals surface area contributed by atoms with Crippen molar-refractivity contribution in [1.29, 1.82) is 0 Å². The first-order valence-corrected chi connectivity index (χ1v) is 7.43. The lowest BCUT2D eigenvalue weighted by atomic mass is 9.98. The van der Waals surface area contributed by atoms with Gasteiger partial charge in [0.2, 0.25) is 5.91 Å². The highest BCUT2D eigenvalue weighted by molar-refractivity contribution is 6.04. The number of benzene rings is 1. The van der Waals surface area contributed by atoms with Crippen LogP contribution in [0.15, 0.2) is 24.3 Å². The minimum absolute atomic E-state index is 0. The monoisotopic (exact) mass is 325 g/mol. The van der Waals surface area contributed by atoms with E-state index in [1.54, 1.807) is 31.2 Å². The molecule has 1 aromatic carbocycles. The van der Waals surface area contributed by atoms with Crippen LogP contribution in [0, 0.1) is 5.92 Å². The number of rotatable bonds is 3. The molecule has 22 heavy (non-hydrogen) atoms. The Kier molecular flexibility index (Phi) is 6.84. The summed E-state index contributed by atoms with van der Waals surface area (Å²) in [5, 5.41) is 2.73. The normalized spacial score (nSPS) is 16.6. The minimum Gasteiger partial charge on any atom is -0.339 e. The maximum absolute atomic E-state index is 12.6. The summed E-state index contributed by atoms with van der Waals surface area (Å²) >= 11 is 0. The van der Waals surface area contributed by atoms with Crippen molar-refractivity contribution in [3.8, 4) is 0 Å². The van der Waals surface area contributed by atoms with Crippen molar-refractivity contribution < 1.29 is 9.59 Å². The van der Waals surface area contributed by atoms with Gasteiger partial charge < -0.3 is 16.0 Å². The Labute approximate surface area is 137 Å². The molecule has 0 unspecified atom stereocenters. The summed E-state index contributed by atoms with van der Waals surface area (Å²) in [6, 6.07) is 6.48. The summed E-state index contributed by atoms with van der Waals surface area (Å²) in [5.74, 6) is 0.354. The van der Waals surface area contributed by atoms with Crippen LogP contribution in [0.3, 0.4) is 0 Å². The molecule has 1 fully saturated rings. The number of para-hydroxylation sites is 1. The van der Waals surface area contributed by atoms with Crippen LogP contribution in [-0.2, 0) is 4.79 Å². The molecule has 0 radical (unpaired) electrons. The molecular weight excluding hydrogens is 302 g/mol. The topological polar surface area (TPSA) is 75.4 Å². The molecule has 0 aliphatic carbocycles. The Bertz CT molecular complexity index is 526. The SMILES string of the molecule is CC1CCN(C(=O)c2ccccc2NC(=O)[C@H](C)N)CC1.Cl. The van der Waals surface area contributed by atoms with Crippen LogP contribution in [-0.4, -0.2) is 35.8 Å².